The molecule has 131 heavy (non-hydrogen) atoms. The summed E-state index contributed by atoms with van der Waals surface area (Å²) in [6.07, 6.45) is 0. The van der Waals surface area contributed by atoms with Gasteiger partial charge in [0.15, 0.2) is 0 Å². The monoisotopic (exact) mass is 1690 g/mol. The predicted molar refractivity (Wildman–Crippen MR) is 560 cm³/mol. The molecule has 630 valence electrons. The average Bonchev–Trinajstić information content (AvgIpc) is 1.28. The van der Waals surface area contributed by atoms with Gasteiger partial charge in [0.05, 0.1) is 72.2 Å². The molecule has 2 aliphatic rings. The Morgan fingerprint density at radius 1 is 0.214 bits per heavy atom. The van der Waals surface area contributed by atoms with Crippen LogP contribution in [0.4, 0.5) is 34.1 Å². The van der Waals surface area contributed by atoms with Crippen molar-refractivity contribution >= 4 is 144 Å². The lowest BCUT2D eigenvalue weighted by atomic mass is 9.33. The molecule has 0 saturated heterocycles. The van der Waals surface area contributed by atoms with Crippen molar-refractivity contribution in [1.29, 1.82) is 0 Å². The van der Waals surface area contributed by atoms with Crippen molar-refractivity contribution in [2.45, 2.75) is 105 Å². The van der Waals surface area contributed by atoms with Gasteiger partial charge in [0, 0.05) is 105 Å². The molecule has 7 heteroatoms. The molecule has 4 aromatic heterocycles. The van der Waals surface area contributed by atoms with Gasteiger partial charge in [0.2, 0.25) is 0 Å². The summed E-state index contributed by atoms with van der Waals surface area (Å²) in [4.78, 5) is 5.27. The molecule has 24 rings (SSSR count). The lowest BCUT2D eigenvalue weighted by molar-refractivity contribution is 0.569. The average molecular weight is 1690 g/mol. The Bertz CT molecular complexity index is 8620. The molecule has 6 heterocycles. The molecule has 0 aliphatic carbocycles. The van der Waals surface area contributed by atoms with Gasteiger partial charge in [-0.25, -0.2) is 0 Å². The molecule has 0 spiro atoms. The molecule has 0 amide bonds. The second-order valence-corrected chi connectivity index (χ2v) is 39.9. The molecular formula is C124H101BN6. The van der Waals surface area contributed by atoms with Crippen LogP contribution < -0.4 is 26.2 Å². The normalized spacial score (nSPS) is 13.8. The third-order valence-corrected chi connectivity index (χ3v) is 27.8. The zero-order chi connectivity index (χ0) is 95.8. The molecule has 6 nitrogen and oxygen atoms in total. The van der Waals surface area contributed by atoms with Crippen LogP contribution in [-0.2, 0) is 21.7 Å². The molecule has 0 N–H and O–H groups in total. The highest BCUT2D eigenvalue weighted by Crippen LogP contribution is 2.56. The number of anilines is 6. The van der Waals surface area contributed by atoms with E-state index in [4.69, 9.17) is 2.74 Å². The number of benzene rings is 18. The number of para-hydroxylation sites is 6. The summed E-state index contributed by atoms with van der Waals surface area (Å²) in [6, 6.07) is 125. The minimum absolute atomic E-state index is 0.00282. The highest BCUT2D eigenvalue weighted by atomic mass is 15.2. The fraction of sp³-hybridized carbons (Fsp3) is 0.129. The van der Waals surface area contributed by atoms with Gasteiger partial charge in [-0.05, 0) is 209 Å². The first-order valence-corrected chi connectivity index (χ1v) is 45.7. The molecule has 0 unspecified atom stereocenters. The van der Waals surface area contributed by atoms with Crippen LogP contribution in [0.15, 0.2) is 394 Å². The van der Waals surface area contributed by atoms with Crippen molar-refractivity contribution in [3.63, 3.8) is 0 Å². The third-order valence-electron chi connectivity index (χ3n) is 27.8. The van der Waals surface area contributed by atoms with E-state index in [1.807, 2.05) is 6.07 Å². The zero-order valence-corrected chi connectivity index (χ0v) is 75.7. The van der Waals surface area contributed by atoms with E-state index in [0.717, 1.165) is 178 Å². The molecule has 2 aliphatic heterocycles. The number of fused-ring (bicyclic) bond motifs is 16. The summed E-state index contributed by atoms with van der Waals surface area (Å²) < 4.78 is 85.1. The number of nitrogens with zero attached hydrogens (tertiary/aromatic N) is 6. The van der Waals surface area contributed by atoms with Gasteiger partial charge >= 0.3 is 0 Å². The Morgan fingerprint density at radius 3 is 0.962 bits per heavy atom. The van der Waals surface area contributed by atoms with E-state index >= 15 is 0 Å². The van der Waals surface area contributed by atoms with E-state index in [0.29, 0.717) is 5.69 Å². The van der Waals surface area contributed by atoms with Crippen LogP contribution in [0.3, 0.4) is 0 Å². The van der Waals surface area contributed by atoms with Gasteiger partial charge in [-0.15, -0.1) is 0 Å². The number of rotatable bonds is 11. The largest absolute Gasteiger partial charge is 0.310 e. The molecule has 0 radical (unpaired) electrons. The highest BCUT2D eigenvalue weighted by molar-refractivity contribution is 7.00. The van der Waals surface area contributed by atoms with Gasteiger partial charge < -0.3 is 28.1 Å². The molecule has 0 fully saturated rings. The number of hydrogen-bond acceptors (Lipinski definition) is 2. The van der Waals surface area contributed by atoms with E-state index in [1.54, 1.807) is 4.57 Å². The van der Waals surface area contributed by atoms with E-state index < -0.39 is 43.0 Å². The Morgan fingerprint density at radius 2 is 0.542 bits per heavy atom. The summed E-state index contributed by atoms with van der Waals surface area (Å²) >= 11 is 0. The number of aromatic nitrogens is 4. The summed E-state index contributed by atoms with van der Waals surface area (Å²) in [7, 11) is 0. The van der Waals surface area contributed by atoms with Crippen molar-refractivity contribution in [2.75, 3.05) is 9.80 Å². The van der Waals surface area contributed by atoms with Crippen molar-refractivity contribution in [2.24, 2.45) is 0 Å². The van der Waals surface area contributed by atoms with Crippen LogP contribution in [0.2, 0.25) is 0 Å². The highest BCUT2D eigenvalue weighted by Gasteiger charge is 2.47. The summed E-state index contributed by atoms with van der Waals surface area (Å²) in [6.45, 7) is 27.3. The second-order valence-electron chi connectivity index (χ2n) is 39.9. The van der Waals surface area contributed by atoms with Crippen LogP contribution in [0.25, 0.3) is 166 Å². The lowest BCUT2D eigenvalue weighted by Gasteiger charge is -2.46. The van der Waals surface area contributed by atoms with Crippen molar-refractivity contribution in [1.82, 2.24) is 18.3 Å². The first-order chi connectivity index (χ1) is 66.9. The topological polar surface area (TPSA) is 26.2 Å². The molecule has 18 aromatic carbocycles. The molecule has 0 saturated carbocycles. The first kappa shape index (κ1) is 70.8. The summed E-state index contributed by atoms with van der Waals surface area (Å²) in [5.41, 5.74) is 32.9. The van der Waals surface area contributed by atoms with Crippen LogP contribution in [0.1, 0.15) is 116 Å². The maximum atomic E-state index is 9.91. The summed E-state index contributed by atoms with van der Waals surface area (Å²) in [5.74, 6) is 0. The first-order valence-electron chi connectivity index (χ1n) is 49.7. The fourth-order valence-corrected chi connectivity index (χ4v) is 21.2. The Balaban J connectivity index is 0.898. The minimum atomic E-state index is -0.506. The fourth-order valence-electron chi connectivity index (χ4n) is 21.2. The van der Waals surface area contributed by atoms with E-state index in [1.165, 1.54) is 33.0 Å². The quantitative estimate of drug-likeness (QED) is 0.121. The van der Waals surface area contributed by atoms with Crippen LogP contribution in [0, 0.1) is 0 Å². The van der Waals surface area contributed by atoms with Crippen molar-refractivity contribution in [3.05, 3.63) is 416 Å². The summed E-state index contributed by atoms with van der Waals surface area (Å²) in [5, 5.41) is 6.18. The van der Waals surface area contributed by atoms with Crippen LogP contribution in [-0.4, -0.2) is 25.0 Å². The Kier molecular flexibility index (Phi) is 16.1. The van der Waals surface area contributed by atoms with Gasteiger partial charge in [-0.2, -0.15) is 0 Å². The smallest absolute Gasteiger partial charge is 0.252 e. The number of hydrogen-bond donors (Lipinski definition) is 0. The van der Waals surface area contributed by atoms with E-state index in [9.17, 15) is 8.22 Å². The molecular weight excluding hydrogens is 1580 g/mol. The maximum absolute atomic E-state index is 9.91. The molecule has 22 aromatic rings. The van der Waals surface area contributed by atoms with Gasteiger partial charge in [-0.3, -0.25) is 0 Å². The standard InChI is InChI=1S/C124H101BN6/c1-121(2,3)84-56-63-110-100(71-84)101-72-85(122(4,5)6)57-64-111(101)128(110)90-58-62-105-115(75-90)131(120-94(80-39-21-15-22-40-80)49-34-50-95(120)81-41-23-16-24-42-81)117-77-91(129-112-65-59-88(126-106-51-29-25-43-96(106)97-44-26-30-52-107(97)126)73-102(112)103-74-89(60-66-113(103)129)127-108-53-31-27-45-98(108)99-46-28-32-54-109(99)127)76-116-118(117)125(105)104-61-55-82(83-67-86(123(7,8)9)70-87(68-83)124(10,11)12)69-114(104)130(116)119-92(78-35-17-13-18-36-78)47-33-48-93(119)79-37-19-14-20-38-79/h13-77H,1-12H3/i25D,26D,29D,30D,43D,44D,51D,52D. The predicted octanol–water partition coefficient (Wildman–Crippen LogP) is 31.7. The van der Waals surface area contributed by atoms with Crippen molar-refractivity contribution in [3.8, 4) is 78.4 Å². The maximum Gasteiger partial charge on any atom is 0.252 e. The van der Waals surface area contributed by atoms with Crippen molar-refractivity contribution < 1.29 is 11.0 Å². The Labute approximate surface area is 778 Å². The second kappa shape index (κ2) is 29.7. The molecule has 0 atom stereocenters. The van der Waals surface area contributed by atoms with Crippen LogP contribution >= 0.6 is 0 Å². The van der Waals surface area contributed by atoms with Gasteiger partial charge in [0.1, 0.15) is 0 Å². The van der Waals surface area contributed by atoms with E-state index in [-0.39, 0.29) is 55.6 Å². The third kappa shape index (κ3) is 12.7. The SMILES string of the molecule is [2H]c1c([2H])c([2H])c2c(c1[2H])c1c([2H])c([2H])c([2H])c([2H])c1n2-c1ccc2c(c1)c1cc(-n3c4ccccc4c4ccccc43)ccc1n2-c1cc2c3c(c1)N(c1c(-c4ccccc4)cccc1-c1ccccc1)c1cc(-n4c5ccc(C(C)(C)C)cc5c5cc(C(C)(C)C)ccc54)ccc1B3c1ccc(-c3cc(C(C)(C)C)cc(C(C)(C)C)c3)cc1N2c1c(-c2ccccc2)cccc1-c1ccccc1. The Hall–Kier alpha value is -15.2. The zero-order valence-electron chi connectivity index (χ0n) is 83.7. The van der Waals surface area contributed by atoms with E-state index in [2.05, 4.69) is 446 Å². The lowest BCUT2D eigenvalue weighted by Crippen LogP contribution is -2.61. The van der Waals surface area contributed by atoms with Gasteiger partial charge in [-0.1, -0.05) is 362 Å². The van der Waals surface area contributed by atoms with Crippen LogP contribution in [0.5, 0.6) is 0 Å². The van der Waals surface area contributed by atoms with Gasteiger partial charge in [0.25, 0.3) is 6.71 Å². The minimum Gasteiger partial charge on any atom is -0.310 e. The molecule has 0 bridgehead atoms.